The lowest BCUT2D eigenvalue weighted by Gasteiger charge is -2.11. The average Bonchev–Trinajstić information content (AvgIpc) is 2.43. The van der Waals surface area contributed by atoms with Gasteiger partial charge in [-0.1, -0.05) is 11.6 Å². The highest BCUT2D eigenvalue weighted by atomic mass is 35.5. The summed E-state index contributed by atoms with van der Waals surface area (Å²) in [7, 11) is -2.47. The molecule has 0 aliphatic rings. The van der Waals surface area contributed by atoms with Gasteiger partial charge in [0.05, 0.1) is 17.8 Å². The number of anilines is 2. The molecule has 0 atom stereocenters. The number of hydrogen-bond acceptors (Lipinski definition) is 4. The molecule has 112 valence electrons. The Balaban J connectivity index is 2.35. The topological polar surface area (TPSA) is 81.4 Å². The van der Waals surface area contributed by atoms with Gasteiger partial charge in [0.1, 0.15) is 16.5 Å². The van der Waals surface area contributed by atoms with E-state index < -0.39 is 15.8 Å². The van der Waals surface area contributed by atoms with Crippen molar-refractivity contribution >= 4 is 33.0 Å². The quantitative estimate of drug-likeness (QED) is 0.845. The smallest absolute Gasteiger partial charge is 0.263 e. The van der Waals surface area contributed by atoms with Gasteiger partial charge in [-0.25, -0.2) is 12.8 Å². The lowest BCUT2D eigenvalue weighted by Crippen LogP contribution is -2.14. The minimum atomic E-state index is -3.97. The van der Waals surface area contributed by atoms with Crippen molar-refractivity contribution in [2.45, 2.75) is 4.90 Å². The lowest BCUT2D eigenvalue weighted by molar-refractivity contribution is 0.415. The largest absolute Gasteiger partial charge is 0.497 e. The number of nitrogen functional groups attached to an aromatic ring is 1. The van der Waals surface area contributed by atoms with Crippen LogP contribution in [-0.4, -0.2) is 15.5 Å². The van der Waals surface area contributed by atoms with Crippen molar-refractivity contribution in [3.63, 3.8) is 0 Å². The van der Waals surface area contributed by atoms with Crippen LogP contribution in [0.25, 0.3) is 0 Å². The fourth-order valence-electron chi connectivity index (χ4n) is 1.62. The van der Waals surface area contributed by atoms with E-state index in [1.807, 2.05) is 0 Å². The molecule has 0 fully saturated rings. The number of hydrogen-bond donors (Lipinski definition) is 2. The second-order valence-electron chi connectivity index (χ2n) is 4.14. The maximum Gasteiger partial charge on any atom is 0.263 e. The number of ether oxygens (including phenoxy) is 1. The van der Waals surface area contributed by atoms with Gasteiger partial charge in [0, 0.05) is 5.69 Å². The summed E-state index contributed by atoms with van der Waals surface area (Å²) in [6.07, 6.45) is 0. The third-order valence-corrected chi connectivity index (χ3v) is 4.53. The molecule has 0 amide bonds. The van der Waals surface area contributed by atoms with Crippen molar-refractivity contribution in [1.29, 1.82) is 0 Å². The molecule has 0 bridgehead atoms. The first-order valence-electron chi connectivity index (χ1n) is 5.75. The van der Waals surface area contributed by atoms with Gasteiger partial charge in [-0.05, 0) is 36.4 Å². The first-order valence-corrected chi connectivity index (χ1v) is 7.61. The Labute approximate surface area is 126 Å². The summed E-state index contributed by atoms with van der Waals surface area (Å²) in [6.45, 7) is 0. The molecule has 2 aromatic carbocycles. The van der Waals surface area contributed by atoms with E-state index in [2.05, 4.69) is 4.72 Å². The Morgan fingerprint density at radius 2 is 1.86 bits per heavy atom. The number of rotatable bonds is 4. The number of methoxy groups -OCH3 is 1. The minimum Gasteiger partial charge on any atom is -0.497 e. The lowest BCUT2D eigenvalue weighted by atomic mass is 10.3. The highest BCUT2D eigenvalue weighted by Gasteiger charge is 2.20. The zero-order chi connectivity index (χ0) is 15.6. The molecule has 0 saturated heterocycles. The van der Waals surface area contributed by atoms with Crippen molar-refractivity contribution < 1.29 is 17.5 Å². The molecule has 0 aromatic heterocycles. The van der Waals surface area contributed by atoms with Crippen molar-refractivity contribution in [2.24, 2.45) is 0 Å². The van der Waals surface area contributed by atoms with Crippen LogP contribution in [0.1, 0.15) is 0 Å². The van der Waals surface area contributed by atoms with Gasteiger partial charge >= 0.3 is 0 Å². The van der Waals surface area contributed by atoms with Crippen LogP contribution >= 0.6 is 11.6 Å². The summed E-state index contributed by atoms with van der Waals surface area (Å²) < 4.78 is 45.0. The third-order valence-electron chi connectivity index (χ3n) is 2.68. The van der Waals surface area contributed by atoms with Crippen LogP contribution in [0.5, 0.6) is 5.75 Å². The van der Waals surface area contributed by atoms with Crippen molar-refractivity contribution in [2.75, 3.05) is 17.6 Å². The van der Waals surface area contributed by atoms with Crippen LogP contribution < -0.4 is 15.2 Å². The summed E-state index contributed by atoms with van der Waals surface area (Å²) in [5.74, 6) is -0.189. The van der Waals surface area contributed by atoms with E-state index in [0.717, 1.165) is 12.1 Å². The van der Waals surface area contributed by atoms with Gasteiger partial charge in [-0.3, -0.25) is 4.72 Å². The van der Waals surface area contributed by atoms with E-state index in [4.69, 9.17) is 22.1 Å². The van der Waals surface area contributed by atoms with E-state index in [0.29, 0.717) is 11.4 Å². The maximum atomic E-state index is 13.2. The fourth-order valence-corrected chi connectivity index (χ4v) is 3.23. The van der Waals surface area contributed by atoms with Crippen LogP contribution in [0.4, 0.5) is 15.8 Å². The van der Waals surface area contributed by atoms with Gasteiger partial charge in [0.2, 0.25) is 0 Å². The van der Waals surface area contributed by atoms with E-state index in [9.17, 15) is 12.8 Å². The standard InChI is InChI=1S/C13H12ClFN2O3S/c1-20-9-4-2-8(3-5-9)17-21(18,19)13-7-12(16)11(15)6-10(13)14/h2-7,17H,16H2,1H3. The van der Waals surface area contributed by atoms with Gasteiger partial charge in [-0.2, -0.15) is 0 Å². The number of nitrogens with two attached hydrogens (primary N) is 1. The molecule has 0 aliphatic heterocycles. The molecule has 8 heteroatoms. The van der Waals surface area contributed by atoms with Crippen LogP contribution in [0.15, 0.2) is 41.3 Å². The SMILES string of the molecule is COc1ccc(NS(=O)(=O)c2cc(N)c(F)cc2Cl)cc1. The molecule has 0 unspecified atom stereocenters. The number of nitrogens with one attached hydrogen (secondary N) is 1. The van der Waals surface area contributed by atoms with Gasteiger partial charge in [-0.15, -0.1) is 0 Å². The molecule has 2 aromatic rings. The Kier molecular flexibility index (Phi) is 4.24. The van der Waals surface area contributed by atoms with Crippen LogP contribution in [0.2, 0.25) is 5.02 Å². The zero-order valence-corrected chi connectivity index (χ0v) is 12.5. The molecule has 21 heavy (non-hydrogen) atoms. The Morgan fingerprint density at radius 1 is 1.24 bits per heavy atom. The molecule has 0 spiro atoms. The predicted molar refractivity (Wildman–Crippen MR) is 79.6 cm³/mol. The maximum absolute atomic E-state index is 13.2. The monoisotopic (exact) mass is 330 g/mol. The van der Waals surface area contributed by atoms with Crippen LogP contribution in [-0.2, 0) is 10.0 Å². The first-order chi connectivity index (χ1) is 9.83. The Hall–Kier alpha value is -1.99. The molecular weight excluding hydrogens is 319 g/mol. The van der Waals surface area contributed by atoms with E-state index in [-0.39, 0.29) is 15.6 Å². The molecule has 5 nitrogen and oxygen atoms in total. The average molecular weight is 331 g/mol. The molecule has 2 rings (SSSR count). The van der Waals surface area contributed by atoms with E-state index >= 15 is 0 Å². The summed E-state index contributed by atoms with van der Waals surface area (Å²) >= 11 is 5.77. The molecule has 0 aliphatic carbocycles. The van der Waals surface area contributed by atoms with Gasteiger partial charge in [0.15, 0.2) is 0 Å². The summed E-state index contributed by atoms with van der Waals surface area (Å²) in [5, 5.41) is -0.247. The summed E-state index contributed by atoms with van der Waals surface area (Å²) in [5.41, 5.74) is 5.39. The molecule has 0 saturated carbocycles. The van der Waals surface area contributed by atoms with Gasteiger partial charge in [0.25, 0.3) is 10.0 Å². The minimum absolute atomic E-state index is 0.247. The van der Waals surface area contributed by atoms with Crippen molar-refractivity contribution in [3.8, 4) is 5.75 Å². The fraction of sp³-hybridized carbons (Fsp3) is 0.0769. The normalized spacial score (nSPS) is 11.2. The molecule has 3 N–H and O–H groups in total. The number of benzene rings is 2. The first kappa shape index (κ1) is 15.4. The highest BCUT2D eigenvalue weighted by molar-refractivity contribution is 7.92. The number of halogens is 2. The van der Waals surface area contributed by atoms with E-state index in [1.165, 1.54) is 19.2 Å². The van der Waals surface area contributed by atoms with E-state index in [1.54, 1.807) is 12.1 Å². The molecular formula is C13H12ClFN2O3S. The predicted octanol–water partition coefficient (Wildman–Crippen LogP) is 2.87. The third kappa shape index (κ3) is 3.37. The second kappa shape index (κ2) is 5.79. The number of sulfonamides is 1. The summed E-state index contributed by atoms with van der Waals surface area (Å²) in [4.78, 5) is -0.293. The van der Waals surface area contributed by atoms with Crippen LogP contribution in [0.3, 0.4) is 0 Å². The highest BCUT2D eigenvalue weighted by Crippen LogP contribution is 2.28. The Bertz CT molecular complexity index is 764. The van der Waals surface area contributed by atoms with Gasteiger partial charge < -0.3 is 10.5 Å². The second-order valence-corrected chi connectivity index (χ2v) is 6.20. The molecule has 0 heterocycles. The van der Waals surface area contributed by atoms with Crippen molar-refractivity contribution in [3.05, 3.63) is 47.2 Å². The van der Waals surface area contributed by atoms with Crippen molar-refractivity contribution in [1.82, 2.24) is 0 Å². The summed E-state index contributed by atoms with van der Waals surface area (Å²) in [6, 6.07) is 8.08. The molecule has 0 radical (unpaired) electrons. The van der Waals surface area contributed by atoms with Crippen LogP contribution in [0, 0.1) is 5.82 Å². The Morgan fingerprint density at radius 3 is 2.43 bits per heavy atom. The zero-order valence-electron chi connectivity index (χ0n) is 10.9.